The number of hydrogen-bond acceptors (Lipinski definition) is 2. The van der Waals surface area contributed by atoms with Crippen molar-refractivity contribution in [1.82, 2.24) is 4.90 Å². The monoisotopic (exact) mass is 289 g/mol. The molecule has 1 aromatic carbocycles. The average molecular weight is 289 g/mol. The van der Waals surface area contributed by atoms with Gasteiger partial charge in [-0.3, -0.25) is 4.79 Å². The van der Waals surface area contributed by atoms with E-state index in [1.807, 2.05) is 4.90 Å². The summed E-state index contributed by atoms with van der Waals surface area (Å²) in [6.07, 6.45) is 4.08. The van der Waals surface area contributed by atoms with Crippen LogP contribution in [0.2, 0.25) is 0 Å². The topological polar surface area (TPSA) is 40.5 Å². The summed E-state index contributed by atoms with van der Waals surface area (Å²) in [5.74, 6) is 4.63. The summed E-state index contributed by atoms with van der Waals surface area (Å²) in [7, 11) is 0. The molecule has 0 aliphatic carbocycles. The maximum absolute atomic E-state index is 13.4. The Morgan fingerprint density at radius 1 is 1.48 bits per heavy atom. The quantitative estimate of drug-likeness (QED) is 0.850. The number of halogens is 1. The van der Waals surface area contributed by atoms with Crippen molar-refractivity contribution in [2.75, 3.05) is 13.2 Å². The Morgan fingerprint density at radius 2 is 2.29 bits per heavy atom. The molecule has 1 aliphatic rings. The number of aliphatic hydroxyl groups excluding tert-OH is 1. The molecule has 112 valence electrons. The highest BCUT2D eigenvalue weighted by Gasteiger charge is 2.27. The van der Waals surface area contributed by atoms with Crippen LogP contribution in [-0.2, 0) is 0 Å². The zero-order valence-corrected chi connectivity index (χ0v) is 12.2. The first-order valence-electron chi connectivity index (χ1n) is 7.37. The molecule has 0 aromatic heterocycles. The largest absolute Gasteiger partial charge is 0.384 e. The summed E-state index contributed by atoms with van der Waals surface area (Å²) < 4.78 is 13.4. The van der Waals surface area contributed by atoms with Crippen LogP contribution in [0.3, 0.4) is 0 Å². The lowest BCUT2D eigenvalue weighted by Gasteiger charge is -2.35. The van der Waals surface area contributed by atoms with Gasteiger partial charge in [-0.2, -0.15) is 0 Å². The second-order valence-corrected chi connectivity index (χ2v) is 5.21. The van der Waals surface area contributed by atoms with Crippen molar-refractivity contribution in [3.63, 3.8) is 0 Å². The second kappa shape index (κ2) is 7.24. The van der Waals surface area contributed by atoms with Gasteiger partial charge < -0.3 is 10.0 Å². The average Bonchev–Trinajstić information content (AvgIpc) is 2.52. The number of benzene rings is 1. The van der Waals surface area contributed by atoms with Crippen LogP contribution in [-0.4, -0.2) is 35.1 Å². The number of rotatable bonds is 2. The van der Waals surface area contributed by atoms with Crippen molar-refractivity contribution in [2.24, 2.45) is 0 Å². The Labute approximate surface area is 124 Å². The van der Waals surface area contributed by atoms with E-state index in [-0.39, 0.29) is 18.6 Å². The summed E-state index contributed by atoms with van der Waals surface area (Å²) in [5.41, 5.74) is 0.757. The van der Waals surface area contributed by atoms with Crippen molar-refractivity contribution in [3.05, 3.63) is 35.1 Å². The van der Waals surface area contributed by atoms with Crippen molar-refractivity contribution >= 4 is 5.91 Å². The maximum atomic E-state index is 13.4. The highest BCUT2D eigenvalue weighted by Crippen LogP contribution is 2.23. The van der Waals surface area contributed by atoms with E-state index >= 15 is 0 Å². The van der Waals surface area contributed by atoms with E-state index in [1.54, 1.807) is 0 Å². The van der Waals surface area contributed by atoms with Crippen molar-refractivity contribution < 1.29 is 14.3 Å². The van der Waals surface area contributed by atoms with Gasteiger partial charge in [-0.25, -0.2) is 4.39 Å². The van der Waals surface area contributed by atoms with Gasteiger partial charge in [0.05, 0.1) is 5.56 Å². The highest BCUT2D eigenvalue weighted by atomic mass is 19.1. The number of likely N-dealkylation sites (tertiary alicyclic amines) is 1. The molecule has 2 rings (SSSR count). The minimum absolute atomic E-state index is 0.0937. The number of carbonyl (C=O) groups is 1. The zero-order chi connectivity index (χ0) is 15.2. The van der Waals surface area contributed by atoms with Crippen LogP contribution in [0.5, 0.6) is 0 Å². The van der Waals surface area contributed by atoms with Gasteiger partial charge in [0.25, 0.3) is 5.91 Å². The van der Waals surface area contributed by atoms with Crippen LogP contribution in [0.15, 0.2) is 18.2 Å². The predicted molar refractivity (Wildman–Crippen MR) is 79.3 cm³/mol. The Morgan fingerprint density at radius 3 is 3.00 bits per heavy atom. The molecule has 1 aromatic rings. The smallest absolute Gasteiger partial charge is 0.255 e. The summed E-state index contributed by atoms with van der Waals surface area (Å²) >= 11 is 0. The van der Waals surface area contributed by atoms with Crippen molar-refractivity contribution in [2.45, 2.75) is 38.6 Å². The van der Waals surface area contributed by atoms with E-state index in [4.69, 9.17) is 5.11 Å². The second-order valence-electron chi connectivity index (χ2n) is 5.21. The van der Waals surface area contributed by atoms with E-state index in [1.165, 1.54) is 18.2 Å². The van der Waals surface area contributed by atoms with Gasteiger partial charge in [0.1, 0.15) is 12.4 Å². The first-order chi connectivity index (χ1) is 10.2. The van der Waals surface area contributed by atoms with Crippen molar-refractivity contribution in [1.29, 1.82) is 0 Å². The van der Waals surface area contributed by atoms with Crippen LogP contribution in [0.1, 0.15) is 48.5 Å². The molecule has 1 saturated heterocycles. The van der Waals surface area contributed by atoms with E-state index in [0.717, 1.165) is 32.2 Å². The number of hydrogen-bond donors (Lipinski definition) is 1. The maximum Gasteiger partial charge on any atom is 0.255 e. The molecule has 1 atom stereocenters. The molecule has 1 aliphatic heterocycles. The molecule has 3 nitrogen and oxygen atoms in total. The number of piperidine rings is 1. The molecule has 1 amide bonds. The van der Waals surface area contributed by atoms with Gasteiger partial charge in [-0.1, -0.05) is 18.8 Å². The number of nitrogens with zero attached hydrogens (tertiary/aromatic N) is 1. The highest BCUT2D eigenvalue weighted by molar-refractivity contribution is 5.97. The lowest BCUT2D eigenvalue weighted by atomic mass is 9.97. The van der Waals surface area contributed by atoms with Crippen LogP contribution in [0.25, 0.3) is 0 Å². The lowest BCUT2D eigenvalue weighted by Crippen LogP contribution is -2.43. The summed E-state index contributed by atoms with van der Waals surface area (Å²) in [6, 6.07) is 4.26. The molecule has 0 saturated carbocycles. The third-order valence-corrected chi connectivity index (χ3v) is 3.87. The molecule has 1 N–H and O–H groups in total. The minimum atomic E-state index is -0.431. The molecule has 4 heteroatoms. The summed E-state index contributed by atoms with van der Waals surface area (Å²) in [5, 5.41) is 8.79. The summed E-state index contributed by atoms with van der Waals surface area (Å²) in [4.78, 5) is 14.6. The zero-order valence-electron chi connectivity index (χ0n) is 12.2. The Hall–Kier alpha value is -1.86. The first kappa shape index (κ1) is 15.5. The van der Waals surface area contributed by atoms with Gasteiger partial charge in [0, 0.05) is 18.2 Å². The Kier molecular flexibility index (Phi) is 5.35. The van der Waals surface area contributed by atoms with Crippen molar-refractivity contribution in [3.8, 4) is 11.8 Å². The van der Waals surface area contributed by atoms with Gasteiger partial charge >= 0.3 is 0 Å². The number of carbonyl (C=O) groups excluding carboxylic acids is 1. The van der Waals surface area contributed by atoms with Crippen LogP contribution < -0.4 is 0 Å². The first-order valence-corrected chi connectivity index (χ1v) is 7.37. The molecular formula is C17H20FNO2. The fourth-order valence-electron chi connectivity index (χ4n) is 2.79. The molecule has 21 heavy (non-hydrogen) atoms. The third-order valence-electron chi connectivity index (χ3n) is 3.87. The fraction of sp³-hybridized carbons (Fsp3) is 0.471. The van der Waals surface area contributed by atoms with Gasteiger partial charge in [0.15, 0.2) is 0 Å². The van der Waals surface area contributed by atoms with Crippen LogP contribution in [0.4, 0.5) is 4.39 Å². The molecular weight excluding hydrogens is 269 g/mol. The number of aliphatic hydroxyl groups is 1. The van der Waals surface area contributed by atoms with Crippen LogP contribution in [0, 0.1) is 17.7 Å². The molecule has 1 heterocycles. The Bertz CT molecular complexity index is 574. The number of amides is 1. The fourth-order valence-corrected chi connectivity index (χ4v) is 2.79. The SMILES string of the molecule is CCC1CCCCN1C(=O)c1ccc(F)cc1C#CCO. The molecule has 1 fully saturated rings. The minimum Gasteiger partial charge on any atom is -0.384 e. The molecule has 0 spiro atoms. The Balaban J connectivity index is 2.33. The lowest BCUT2D eigenvalue weighted by molar-refractivity contribution is 0.0607. The van der Waals surface area contributed by atoms with Gasteiger partial charge in [-0.15, -0.1) is 0 Å². The molecule has 0 bridgehead atoms. The summed E-state index contributed by atoms with van der Waals surface area (Å²) in [6.45, 7) is 2.50. The van der Waals surface area contributed by atoms with E-state index < -0.39 is 5.82 Å². The van der Waals surface area contributed by atoms with Gasteiger partial charge in [0.2, 0.25) is 0 Å². The third kappa shape index (κ3) is 3.62. The standard InChI is InChI=1S/C17H20FNO2/c1-2-15-7-3-4-10-19(15)17(21)16-9-8-14(18)12-13(16)6-5-11-20/h8-9,12,15,20H,2-4,7,10-11H2,1H3. The van der Waals surface area contributed by atoms with E-state index in [2.05, 4.69) is 18.8 Å². The molecule has 1 unspecified atom stereocenters. The van der Waals surface area contributed by atoms with Gasteiger partial charge in [-0.05, 0) is 43.9 Å². The molecule has 0 radical (unpaired) electrons. The van der Waals surface area contributed by atoms with Crippen LogP contribution >= 0.6 is 0 Å². The predicted octanol–water partition coefficient (Wildman–Crippen LogP) is 2.57. The normalized spacial score (nSPS) is 18.0. The van der Waals surface area contributed by atoms with E-state index in [9.17, 15) is 9.18 Å². The van der Waals surface area contributed by atoms with E-state index in [0.29, 0.717) is 11.1 Å².